The van der Waals surface area contributed by atoms with Crippen molar-refractivity contribution in [3.63, 3.8) is 0 Å². The Kier molecular flexibility index (Phi) is 5.56. The van der Waals surface area contributed by atoms with Crippen molar-refractivity contribution in [2.45, 2.75) is 30.6 Å². The summed E-state index contributed by atoms with van der Waals surface area (Å²) >= 11 is 3.26. The van der Waals surface area contributed by atoms with E-state index in [1.54, 1.807) is 18.2 Å². The first-order chi connectivity index (χ1) is 11.9. The minimum atomic E-state index is -3.63. The van der Waals surface area contributed by atoms with Crippen LogP contribution in [-0.2, 0) is 27.7 Å². The number of halogens is 1. The van der Waals surface area contributed by atoms with Gasteiger partial charge in [0.15, 0.2) is 0 Å². The highest BCUT2D eigenvalue weighted by atomic mass is 79.9. The molecule has 0 heterocycles. The number of hydrogen-bond donors (Lipinski definition) is 1. The minimum absolute atomic E-state index is 0.0117. The fraction of sp³-hybridized carbons (Fsp3) is 0.278. The van der Waals surface area contributed by atoms with Gasteiger partial charge in [0, 0.05) is 11.0 Å². The molecule has 0 saturated carbocycles. The van der Waals surface area contributed by atoms with E-state index in [0.29, 0.717) is 5.75 Å². The summed E-state index contributed by atoms with van der Waals surface area (Å²) in [7, 11) is -3.63. The van der Waals surface area contributed by atoms with Gasteiger partial charge in [-0.15, -0.1) is 0 Å². The van der Waals surface area contributed by atoms with Gasteiger partial charge in [-0.25, -0.2) is 13.1 Å². The third-order valence-electron chi connectivity index (χ3n) is 4.05. The maximum Gasteiger partial charge on any atom is 0.312 e. The summed E-state index contributed by atoms with van der Waals surface area (Å²) in [5, 5.41) is 0. The molecule has 1 N–H and O–H groups in total. The summed E-state index contributed by atoms with van der Waals surface area (Å²) in [6, 6.07) is 12.0. The van der Waals surface area contributed by atoms with Gasteiger partial charge < -0.3 is 4.74 Å². The van der Waals surface area contributed by atoms with E-state index in [4.69, 9.17) is 4.74 Å². The maximum atomic E-state index is 12.1. The quantitative estimate of drug-likeness (QED) is 0.571. The first kappa shape index (κ1) is 18.1. The highest BCUT2D eigenvalue weighted by Crippen LogP contribution is 2.26. The summed E-state index contributed by atoms with van der Waals surface area (Å²) in [6.07, 6.45) is 3.17. The lowest BCUT2D eigenvalue weighted by molar-refractivity contribution is -0.134. The predicted octanol–water partition coefficient (Wildman–Crippen LogP) is 3.21. The van der Waals surface area contributed by atoms with Crippen molar-refractivity contribution in [1.82, 2.24) is 4.72 Å². The molecule has 0 aromatic heterocycles. The van der Waals surface area contributed by atoms with Crippen LogP contribution in [0.15, 0.2) is 51.8 Å². The molecule has 2 aromatic carbocycles. The smallest absolute Gasteiger partial charge is 0.312 e. The van der Waals surface area contributed by atoms with E-state index in [1.807, 2.05) is 12.1 Å². The molecule has 0 atom stereocenters. The molecule has 5 nitrogen and oxygen atoms in total. The number of ether oxygens (including phenoxy) is 1. The van der Waals surface area contributed by atoms with Gasteiger partial charge in [-0.05, 0) is 66.8 Å². The van der Waals surface area contributed by atoms with Gasteiger partial charge >= 0.3 is 5.97 Å². The van der Waals surface area contributed by atoms with Crippen LogP contribution in [0.4, 0.5) is 0 Å². The van der Waals surface area contributed by atoms with Gasteiger partial charge in [-0.1, -0.05) is 22.0 Å². The topological polar surface area (TPSA) is 72.5 Å². The van der Waals surface area contributed by atoms with Gasteiger partial charge in [0.25, 0.3) is 0 Å². The Hall–Kier alpha value is -1.70. The Morgan fingerprint density at radius 2 is 1.80 bits per heavy atom. The van der Waals surface area contributed by atoms with Crippen LogP contribution in [0.5, 0.6) is 5.75 Å². The number of carbonyl (C=O) groups excluding carboxylic acids is 1. The third kappa shape index (κ3) is 4.68. The Bertz CT molecular complexity index is 878. The predicted molar refractivity (Wildman–Crippen MR) is 98.0 cm³/mol. The molecule has 25 heavy (non-hydrogen) atoms. The van der Waals surface area contributed by atoms with Crippen LogP contribution in [-0.4, -0.2) is 20.9 Å². The van der Waals surface area contributed by atoms with E-state index in [0.717, 1.165) is 23.7 Å². The number of rotatable bonds is 6. The number of benzene rings is 2. The minimum Gasteiger partial charge on any atom is -0.426 e. The van der Waals surface area contributed by atoms with Crippen LogP contribution < -0.4 is 9.46 Å². The van der Waals surface area contributed by atoms with Crippen molar-refractivity contribution in [2.24, 2.45) is 0 Å². The summed E-state index contributed by atoms with van der Waals surface area (Å²) in [4.78, 5) is 12.1. The average Bonchev–Trinajstić information content (AvgIpc) is 3.02. The van der Waals surface area contributed by atoms with Crippen LogP contribution >= 0.6 is 15.9 Å². The zero-order chi connectivity index (χ0) is 17.9. The summed E-state index contributed by atoms with van der Waals surface area (Å²) in [6.45, 7) is -0.0117. The van der Waals surface area contributed by atoms with Gasteiger partial charge in [0.2, 0.25) is 10.0 Å². The molecule has 0 amide bonds. The van der Waals surface area contributed by atoms with Crippen molar-refractivity contribution in [1.29, 1.82) is 0 Å². The molecule has 1 aliphatic carbocycles. The van der Waals surface area contributed by atoms with Gasteiger partial charge in [0.1, 0.15) is 5.75 Å². The molecule has 7 heteroatoms. The summed E-state index contributed by atoms with van der Waals surface area (Å²) in [5.41, 5.74) is 2.53. The summed E-state index contributed by atoms with van der Waals surface area (Å²) in [5.74, 6) is 0.0536. The lowest BCUT2D eigenvalue weighted by Gasteiger charge is -2.08. The van der Waals surface area contributed by atoms with Crippen molar-refractivity contribution < 1.29 is 17.9 Å². The molecule has 0 fully saturated rings. The first-order valence-electron chi connectivity index (χ1n) is 8.02. The van der Waals surface area contributed by atoms with Crippen LogP contribution in [0.3, 0.4) is 0 Å². The molecular formula is C18H18BrNO4S. The lowest BCUT2D eigenvalue weighted by atomic mass is 10.1. The second-order valence-electron chi connectivity index (χ2n) is 5.86. The Balaban J connectivity index is 1.51. The summed E-state index contributed by atoms with van der Waals surface area (Å²) < 4.78 is 32.8. The Morgan fingerprint density at radius 1 is 1.08 bits per heavy atom. The van der Waals surface area contributed by atoms with Crippen LogP contribution in [0.2, 0.25) is 0 Å². The second kappa shape index (κ2) is 7.68. The molecule has 0 unspecified atom stereocenters. The number of carbonyl (C=O) groups is 1. The van der Waals surface area contributed by atoms with E-state index in [9.17, 15) is 13.2 Å². The zero-order valence-corrected chi connectivity index (χ0v) is 15.9. The number of hydrogen-bond acceptors (Lipinski definition) is 4. The second-order valence-corrected chi connectivity index (χ2v) is 8.54. The molecular weight excluding hydrogens is 406 g/mol. The number of sulfonamides is 1. The van der Waals surface area contributed by atoms with Crippen LogP contribution in [0.1, 0.15) is 24.0 Å². The van der Waals surface area contributed by atoms with Gasteiger partial charge in [-0.3, -0.25) is 4.79 Å². The molecule has 0 bridgehead atoms. The van der Waals surface area contributed by atoms with E-state index < -0.39 is 16.0 Å². The average molecular weight is 424 g/mol. The lowest BCUT2D eigenvalue weighted by Crippen LogP contribution is -2.27. The SMILES string of the molecule is O=C(CCNS(=O)(=O)c1ccc(Br)cc1)Oc1ccc2c(c1)CCC2. The van der Waals surface area contributed by atoms with Crippen molar-refractivity contribution in [2.75, 3.05) is 6.54 Å². The Labute approximate surface area is 155 Å². The number of nitrogens with one attached hydrogen (secondary N) is 1. The molecule has 0 spiro atoms. The molecule has 0 radical (unpaired) electrons. The number of esters is 1. The molecule has 1 aliphatic rings. The number of aryl methyl sites for hydroxylation is 2. The standard InChI is InChI=1S/C18H18BrNO4S/c19-15-5-8-17(9-6-15)25(22,23)20-11-10-18(21)24-16-7-4-13-2-1-3-14(13)12-16/h4-9,12,20H,1-3,10-11H2. The van der Waals surface area contributed by atoms with E-state index in [2.05, 4.69) is 20.7 Å². The van der Waals surface area contributed by atoms with Crippen molar-refractivity contribution in [3.8, 4) is 5.75 Å². The van der Waals surface area contributed by atoms with Gasteiger partial charge in [0.05, 0.1) is 11.3 Å². The fourth-order valence-corrected chi connectivity index (χ4v) is 4.07. The molecule has 0 saturated heterocycles. The fourth-order valence-electron chi connectivity index (χ4n) is 2.78. The van der Waals surface area contributed by atoms with Crippen LogP contribution in [0, 0.1) is 0 Å². The molecule has 2 aromatic rings. The molecule has 3 rings (SSSR count). The largest absolute Gasteiger partial charge is 0.426 e. The van der Waals surface area contributed by atoms with Gasteiger partial charge in [-0.2, -0.15) is 0 Å². The monoisotopic (exact) mass is 423 g/mol. The van der Waals surface area contributed by atoms with Crippen LogP contribution in [0.25, 0.3) is 0 Å². The van der Waals surface area contributed by atoms with E-state index >= 15 is 0 Å². The maximum absolute atomic E-state index is 12.1. The van der Waals surface area contributed by atoms with Crippen molar-refractivity contribution >= 4 is 31.9 Å². The molecule has 0 aliphatic heterocycles. The first-order valence-corrected chi connectivity index (χ1v) is 10.3. The zero-order valence-electron chi connectivity index (χ0n) is 13.5. The Morgan fingerprint density at radius 3 is 2.56 bits per heavy atom. The molecule has 132 valence electrons. The third-order valence-corrected chi connectivity index (χ3v) is 6.05. The number of fused-ring (bicyclic) bond motifs is 1. The highest BCUT2D eigenvalue weighted by molar-refractivity contribution is 9.10. The van der Waals surface area contributed by atoms with E-state index in [1.165, 1.54) is 23.3 Å². The highest BCUT2D eigenvalue weighted by Gasteiger charge is 2.16. The normalized spacial score (nSPS) is 13.5. The van der Waals surface area contributed by atoms with E-state index in [-0.39, 0.29) is 17.9 Å². The van der Waals surface area contributed by atoms with Crippen molar-refractivity contribution in [3.05, 3.63) is 58.1 Å².